The zero-order valence-corrected chi connectivity index (χ0v) is 44.6. The van der Waals surface area contributed by atoms with Gasteiger partial charge >= 0.3 is 17.9 Å². The van der Waals surface area contributed by atoms with Crippen molar-refractivity contribution in [1.29, 1.82) is 0 Å². The lowest BCUT2D eigenvalue weighted by molar-refractivity contribution is -0.167. The van der Waals surface area contributed by atoms with Gasteiger partial charge in [-0.2, -0.15) is 0 Å². The largest absolute Gasteiger partial charge is 0.462 e. The zero-order chi connectivity index (χ0) is 49.3. The fourth-order valence-electron chi connectivity index (χ4n) is 7.85. The van der Waals surface area contributed by atoms with E-state index in [4.69, 9.17) is 14.2 Å². The van der Waals surface area contributed by atoms with Crippen LogP contribution in [0, 0.1) is 0 Å². The SMILES string of the molecule is CC/C=C\C/C=C\C/C=C\C/C=C\CCCCC(=O)OC(COC(=O)CCCCCCCCCC)COC(=O)CCCCCCCCCCCCCC/C=C\C/C=C\C/C=C\CCCCCCC. The van der Waals surface area contributed by atoms with Crippen molar-refractivity contribution in [3.63, 3.8) is 0 Å². The minimum atomic E-state index is -0.796. The molecule has 1 unspecified atom stereocenters. The molecule has 0 saturated carbocycles. The number of hydrogen-bond donors (Lipinski definition) is 0. The number of esters is 3. The van der Waals surface area contributed by atoms with Gasteiger partial charge in [-0.15, -0.1) is 0 Å². The van der Waals surface area contributed by atoms with E-state index in [1.54, 1.807) is 0 Å². The Morgan fingerprint density at radius 3 is 0.926 bits per heavy atom. The predicted octanol–water partition coefficient (Wildman–Crippen LogP) is 19.2. The number of unbranched alkanes of at least 4 members (excludes halogenated alkanes) is 26. The number of allylic oxidation sites excluding steroid dienone is 14. The Balaban J connectivity index is 4.20. The third kappa shape index (κ3) is 53.5. The first-order valence-corrected chi connectivity index (χ1v) is 28.6. The smallest absolute Gasteiger partial charge is 0.306 e. The molecule has 0 aliphatic carbocycles. The van der Waals surface area contributed by atoms with Crippen molar-refractivity contribution >= 4 is 17.9 Å². The van der Waals surface area contributed by atoms with Crippen LogP contribution < -0.4 is 0 Å². The van der Waals surface area contributed by atoms with Crippen molar-refractivity contribution in [2.75, 3.05) is 13.2 Å². The first-order valence-electron chi connectivity index (χ1n) is 28.6. The Hall–Kier alpha value is -3.41. The van der Waals surface area contributed by atoms with Crippen LogP contribution in [-0.4, -0.2) is 37.2 Å². The Morgan fingerprint density at radius 2 is 0.574 bits per heavy atom. The molecule has 1 atom stereocenters. The second kappa shape index (κ2) is 56.2. The maximum Gasteiger partial charge on any atom is 0.306 e. The molecule has 0 fully saturated rings. The number of carbonyl (C=O) groups excluding carboxylic acids is 3. The fraction of sp³-hybridized carbons (Fsp3) is 0.726. The molecule has 0 bridgehead atoms. The zero-order valence-electron chi connectivity index (χ0n) is 44.6. The van der Waals surface area contributed by atoms with Crippen molar-refractivity contribution in [1.82, 2.24) is 0 Å². The molecule has 0 rings (SSSR count). The lowest BCUT2D eigenvalue weighted by atomic mass is 10.0. The van der Waals surface area contributed by atoms with Gasteiger partial charge in [-0.1, -0.05) is 241 Å². The third-order valence-corrected chi connectivity index (χ3v) is 12.1. The van der Waals surface area contributed by atoms with Gasteiger partial charge in [-0.25, -0.2) is 0 Å². The van der Waals surface area contributed by atoms with E-state index in [0.717, 1.165) is 89.9 Å². The van der Waals surface area contributed by atoms with E-state index in [1.165, 1.54) is 135 Å². The summed E-state index contributed by atoms with van der Waals surface area (Å²) in [7, 11) is 0. The van der Waals surface area contributed by atoms with Crippen LogP contribution in [0.5, 0.6) is 0 Å². The highest BCUT2D eigenvalue weighted by Crippen LogP contribution is 2.15. The molecule has 6 nitrogen and oxygen atoms in total. The topological polar surface area (TPSA) is 78.9 Å². The summed E-state index contributed by atoms with van der Waals surface area (Å²) >= 11 is 0. The van der Waals surface area contributed by atoms with E-state index in [0.29, 0.717) is 19.3 Å². The van der Waals surface area contributed by atoms with E-state index < -0.39 is 6.10 Å². The van der Waals surface area contributed by atoms with Crippen LogP contribution in [0.3, 0.4) is 0 Å². The molecule has 0 heterocycles. The van der Waals surface area contributed by atoms with Crippen molar-refractivity contribution in [3.05, 3.63) is 85.1 Å². The normalized spacial score (nSPS) is 12.7. The van der Waals surface area contributed by atoms with Gasteiger partial charge in [0.15, 0.2) is 6.10 Å². The first kappa shape index (κ1) is 64.6. The van der Waals surface area contributed by atoms with Crippen molar-refractivity contribution in [2.45, 2.75) is 277 Å². The molecule has 0 aromatic carbocycles. The summed E-state index contributed by atoms with van der Waals surface area (Å²) < 4.78 is 16.7. The minimum Gasteiger partial charge on any atom is -0.462 e. The average Bonchev–Trinajstić information content (AvgIpc) is 3.34. The number of rotatable bonds is 51. The van der Waals surface area contributed by atoms with Crippen LogP contribution in [0.4, 0.5) is 0 Å². The predicted molar refractivity (Wildman–Crippen MR) is 293 cm³/mol. The molecule has 0 saturated heterocycles. The van der Waals surface area contributed by atoms with E-state index in [9.17, 15) is 14.4 Å². The second-order valence-corrected chi connectivity index (χ2v) is 18.8. The molecule has 6 heteroatoms. The first-order chi connectivity index (χ1) is 33.5. The van der Waals surface area contributed by atoms with Gasteiger partial charge in [0.25, 0.3) is 0 Å². The highest BCUT2D eigenvalue weighted by atomic mass is 16.6. The van der Waals surface area contributed by atoms with Gasteiger partial charge in [-0.05, 0) is 96.3 Å². The van der Waals surface area contributed by atoms with Crippen LogP contribution in [0.25, 0.3) is 0 Å². The maximum atomic E-state index is 12.8. The molecular formula is C62H106O6. The summed E-state index contributed by atoms with van der Waals surface area (Å²) in [6.45, 7) is 6.45. The van der Waals surface area contributed by atoms with Gasteiger partial charge in [0.05, 0.1) is 0 Å². The Morgan fingerprint density at radius 1 is 0.309 bits per heavy atom. The van der Waals surface area contributed by atoms with Gasteiger partial charge in [0.1, 0.15) is 13.2 Å². The summed E-state index contributed by atoms with van der Waals surface area (Å²) in [5.74, 6) is -0.938. The van der Waals surface area contributed by atoms with Crippen LogP contribution in [0.15, 0.2) is 85.1 Å². The summed E-state index contributed by atoms with van der Waals surface area (Å²) in [5, 5.41) is 0. The Kier molecular flexibility index (Phi) is 53.4. The number of hydrogen-bond acceptors (Lipinski definition) is 6. The maximum absolute atomic E-state index is 12.8. The molecule has 0 amide bonds. The molecule has 0 N–H and O–H groups in total. The molecule has 68 heavy (non-hydrogen) atoms. The Labute approximate surface area is 420 Å². The summed E-state index contributed by atoms with van der Waals surface area (Å²) in [4.78, 5) is 37.9. The molecule has 0 aromatic heterocycles. The second-order valence-electron chi connectivity index (χ2n) is 18.8. The monoisotopic (exact) mass is 947 g/mol. The van der Waals surface area contributed by atoms with Crippen LogP contribution in [0.2, 0.25) is 0 Å². The molecule has 0 aliphatic rings. The van der Waals surface area contributed by atoms with Crippen molar-refractivity contribution < 1.29 is 28.6 Å². The van der Waals surface area contributed by atoms with E-state index in [-0.39, 0.29) is 37.5 Å². The van der Waals surface area contributed by atoms with E-state index in [2.05, 4.69) is 106 Å². The van der Waals surface area contributed by atoms with Crippen LogP contribution >= 0.6 is 0 Å². The van der Waals surface area contributed by atoms with E-state index in [1.807, 2.05) is 0 Å². The van der Waals surface area contributed by atoms with Gasteiger partial charge in [0, 0.05) is 19.3 Å². The molecule has 0 spiro atoms. The van der Waals surface area contributed by atoms with E-state index >= 15 is 0 Å². The number of ether oxygens (including phenoxy) is 3. The average molecular weight is 948 g/mol. The minimum absolute atomic E-state index is 0.0925. The standard InChI is InChI=1S/C62H106O6/c1-4-7-10-13-16-19-21-23-25-26-27-28-29-30-31-32-33-34-35-36-38-39-41-43-46-49-52-55-61(64)67-58-59(57-66-60(63)54-51-48-45-18-15-12-9-6-3)68-62(65)56-53-50-47-44-42-40-37-24-22-20-17-14-11-8-5-2/h8,11,17,20-21,23-24,26-27,29-30,37,42,44,59H,4-7,9-10,12-16,18-19,22,25,28,31-36,38-41,43,45-58H2,1-3H3/b11-8-,20-17-,23-21-,27-26-,30-29-,37-24-,44-42-. The van der Waals surface area contributed by atoms with Gasteiger partial charge < -0.3 is 14.2 Å². The molecule has 390 valence electrons. The lowest BCUT2D eigenvalue weighted by Crippen LogP contribution is -2.30. The highest BCUT2D eigenvalue weighted by Gasteiger charge is 2.19. The molecular weight excluding hydrogens is 841 g/mol. The van der Waals surface area contributed by atoms with Gasteiger partial charge in [-0.3, -0.25) is 14.4 Å². The third-order valence-electron chi connectivity index (χ3n) is 12.1. The van der Waals surface area contributed by atoms with Crippen LogP contribution in [-0.2, 0) is 28.6 Å². The van der Waals surface area contributed by atoms with Crippen molar-refractivity contribution in [2.24, 2.45) is 0 Å². The van der Waals surface area contributed by atoms with Gasteiger partial charge in [0.2, 0.25) is 0 Å². The summed E-state index contributed by atoms with van der Waals surface area (Å²) in [6.07, 6.45) is 73.1. The quantitative estimate of drug-likeness (QED) is 0.0262. The fourth-order valence-corrected chi connectivity index (χ4v) is 7.85. The molecule has 0 aliphatic heterocycles. The van der Waals surface area contributed by atoms with Crippen molar-refractivity contribution in [3.8, 4) is 0 Å². The Bertz CT molecular complexity index is 1320. The summed E-state index contributed by atoms with van der Waals surface area (Å²) in [5.41, 5.74) is 0. The summed E-state index contributed by atoms with van der Waals surface area (Å²) in [6, 6.07) is 0. The lowest BCUT2D eigenvalue weighted by Gasteiger charge is -2.18. The highest BCUT2D eigenvalue weighted by molar-refractivity contribution is 5.71. The number of carbonyl (C=O) groups is 3. The van der Waals surface area contributed by atoms with Crippen LogP contribution in [0.1, 0.15) is 271 Å². The molecule has 0 aromatic rings. The molecule has 0 radical (unpaired) electrons.